The van der Waals surface area contributed by atoms with Gasteiger partial charge >= 0.3 is 11.9 Å². The fourth-order valence-corrected chi connectivity index (χ4v) is 2.16. The fraction of sp³-hybridized carbons (Fsp3) is 0.500. The molecule has 0 spiro atoms. The van der Waals surface area contributed by atoms with Crippen molar-refractivity contribution in [1.29, 1.82) is 0 Å². The van der Waals surface area contributed by atoms with E-state index in [0.717, 1.165) is 12.8 Å². The van der Waals surface area contributed by atoms with E-state index in [4.69, 9.17) is 10.2 Å². The highest BCUT2D eigenvalue weighted by Gasteiger charge is 2.16. The molecule has 0 bridgehead atoms. The molecule has 1 atom stereocenters. The van der Waals surface area contributed by atoms with Crippen molar-refractivity contribution in [2.75, 3.05) is 19.6 Å². The molecule has 5 nitrogen and oxygen atoms in total. The summed E-state index contributed by atoms with van der Waals surface area (Å²) in [5, 5.41) is 17.7. The van der Waals surface area contributed by atoms with Gasteiger partial charge in [0.25, 0.3) is 0 Å². The van der Waals surface area contributed by atoms with Crippen molar-refractivity contribution in [3.8, 4) is 0 Å². The predicted octanol–water partition coefficient (Wildman–Crippen LogP) is 2.12. The van der Waals surface area contributed by atoms with Crippen LogP contribution in [0.3, 0.4) is 0 Å². The molecule has 0 aliphatic rings. The third-order valence-corrected chi connectivity index (χ3v) is 3.38. The molecule has 0 saturated carbocycles. The first-order valence-electron chi connectivity index (χ1n) is 7.20. The Bertz CT molecular complexity index is 447. The molecule has 1 unspecified atom stereocenters. The lowest BCUT2D eigenvalue weighted by Crippen LogP contribution is -2.34. The normalized spacial score (nSPS) is 12.3. The van der Waals surface area contributed by atoms with E-state index in [0.29, 0.717) is 19.6 Å². The molecule has 2 N–H and O–H groups in total. The topological polar surface area (TPSA) is 77.8 Å². The number of benzene rings is 1. The first-order valence-corrected chi connectivity index (χ1v) is 7.20. The molecular formula is C16H23NO4. The van der Waals surface area contributed by atoms with Crippen LogP contribution in [0.4, 0.5) is 0 Å². The van der Waals surface area contributed by atoms with Crippen LogP contribution in [0.25, 0.3) is 0 Å². The third-order valence-electron chi connectivity index (χ3n) is 3.38. The maximum absolute atomic E-state index is 10.9. The van der Waals surface area contributed by atoms with Crippen LogP contribution < -0.4 is 0 Å². The molecule has 1 aromatic rings. The Morgan fingerprint density at radius 3 is 2.38 bits per heavy atom. The van der Waals surface area contributed by atoms with E-state index >= 15 is 0 Å². The van der Waals surface area contributed by atoms with Gasteiger partial charge in [-0.1, -0.05) is 37.3 Å². The standard InChI is InChI=1S/C16H23NO4/c1-13(16(20)21)12-17(11-9-15(18)19)10-5-8-14-6-3-2-4-7-14/h2-4,6-7,13H,5,8-12H2,1H3,(H,18,19)(H,20,21). The minimum Gasteiger partial charge on any atom is -0.481 e. The van der Waals surface area contributed by atoms with E-state index in [1.54, 1.807) is 6.92 Å². The summed E-state index contributed by atoms with van der Waals surface area (Å²) in [6.45, 7) is 3.13. The maximum atomic E-state index is 10.9. The number of hydrogen-bond acceptors (Lipinski definition) is 3. The second kappa shape index (κ2) is 9.13. The Morgan fingerprint density at radius 2 is 1.81 bits per heavy atom. The van der Waals surface area contributed by atoms with Crippen molar-refractivity contribution in [2.45, 2.75) is 26.2 Å². The van der Waals surface area contributed by atoms with Crippen LogP contribution >= 0.6 is 0 Å². The number of nitrogens with zero attached hydrogens (tertiary/aromatic N) is 1. The van der Waals surface area contributed by atoms with Crippen LogP contribution in [-0.2, 0) is 16.0 Å². The smallest absolute Gasteiger partial charge is 0.307 e. The second-order valence-corrected chi connectivity index (χ2v) is 5.27. The summed E-state index contributed by atoms with van der Waals surface area (Å²) < 4.78 is 0. The highest BCUT2D eigenvalue weighted by molar-refractivity contribution is 5.69. The number of carboxylic acid groups (broad SMARTS) is 2. The van der Waals surface area contributed by atoms with E-state index in [2.05, 4.69) is 12.1 Å². The van der Waals surface area contributed by atoms with Gasteiger partial charge in [-0.15, -0.1) is 0 Å². The van der Waals surface area contributed by atoms with Gasteiger partial charge in [0.2, 0.25) is 0 Å². The molecule has 1 rings (SSSR count). The summed E-state index contributed by atoms with van der Waals surface area (Å²) in [4.78, 5) is 23.5. The summed E-state index contributed by atoms with van der Waals surface area (Å²) >= 11 is 0. The van der Waals surface area contributed by atoms with Gasteiger partial charge in [0, 0.05) is 13.1 Å². The number of hydrogen-bond donors (Lipinski definition) is 2. The van der Waals surface area contributed by atoms with E-state index in [9.17, 15) is 9.59 Å². The molecule has 0 radical (unpaired) electrons. The second-order valence-electron chi connectivity index (χ2n) is 5.27. The van der Waals surface area contributed by atoms with Gasteiger partial charge in [0.1, 0.15) is 0 Å². The quantitative estimate of drug-likeness (QED) is 0.691. The summed E-state index contributed by atoms with van der Waals surface area (Å²) in [6.07, 6.45) is 1.83. The zero-order chi connectivity index (χ0) is 15.7. The Morgan fingerprint density at radius 1 is 1.14 bits per heavy atom. The molecule has 0 amide bonds. The number of aryl methyl sites for hydroxylation is 1. The van der Waals surface area contributed by atoms with Gasteiger partial charge in [0.05, 0.1) is 12.3 Å². The van der Waals surface area contributed by atoms with Crippen LogP contribution in [0.5, 0.6) is 0 Å². The largest absolute Gasteiger partial charge is 0.481 e. The molecule has 5 heteroatoms. The molecule has 0 heterocycles. The van der Waals surface area contributed by atoms with E-state index < -0.39 is 17.9 Å². The van der Waals surface area contributed by atoms with Crippen molar-refractivity contribution in [1.82, 2.24) is 4.90 Å². The maximum Gasteiger partial charge on any atom is 0.307 e. The summed E-state index contributed by atoms with van der Waals surface area (Å²) in [5.74, 6) is -2.19. The van der Waals surface area contributed by atoms with Crippen LogP contribution in [0, 0.1) is 5.92 Å². The first-order chi connectivity index (χ1) is 9.99. The Balaban J connectivity index is 2.43. The van der Waals surface area contributed by atoms with E-state index in [1.165, 1.54) is 5.56 Å². The fourth-order valence-electron chi connectivity index (χ4n) is 2.16. The number of carbonyl (C=O) groups is 2. The van der Waals surface area contributed by atoms with Crippen molar-refractivity contribution >= 4 is 11.9 Å². The van der Waals surface area contributed by atoms with Crippen LogP contribution in [-0.4, -0.2) is 46.7 Å². The van der Waals surface area contributed by atoms with Crippen LogP contribution in [0.2, 0.25) is 0 Å². The van der Waals surface area contributed by atoms with Gasteiger partial charge in [-0.25, -0.2) is 0 Å². The lowest BCUT2D eigenvalue weighted by atomic mass is 10.1. The van der Waals surface area contributed by atoms with Crippen molar-refractivity contribution in [3.05, 3.63) is 35.9 Å². The molecule has 0 fully saturated rings. The molecule has 0 aliphatic carbocycles. The average molecular weight is 293 g/mol. The van der Waals surface area contributed by atoms with E-state index in [1.807, 2.05) is 23.1 Å². The molecular weight excluding hydrogens is 270 g/mol. The zero-order valence-corrected chi connectivity index (χ0v) is 12.4. The van der Waals surface area contributed by atoms with Crippen LogP contribution in [0.15, 0.2) is 30.3 Å². The molecule has 116 valence electrons. The third kappa shape index (κ3) is 7.46. The van der Waals surface area contributed by atoms with Gasteiger partial charge in [-0.3, -0.25) is 9.59 Å². The highest BCUT2D eigenvalue weighted by atomic mass is 16.4. The minimum atomic E-state index is -0.856. The van der Waals surface area contributed by atoms with Gasteiger partial charge in [-0.05, 0) is 24.9 Å². The Hall–Kier alpha value is -1.88. The lowest BCUT2D eigenvalue weighted by molar-refractivity contribution is -0.141. The SMILES string of the molecule is CC(CN(CCCc1ccccc1)CCC(=O)O)C(=O)O. The van der Waals surface area contributed by atoms with E-state index in [-0.39, 0.29) is 6.42 Å². The Kier molecular flexibility index (Phi) is 7.46. The van der Waals surface area contributed by atoms with Crippen molar-refractivity contribution in [3.63, 3.8) is 0 Å². The molecule has 1 aromatic carbocycles. The van der Waals surface area contributed by atoms with Crippen molar-refractivity contribution < 1.29 is 19.8 Å². The zero-order valence-electron chi connectivity index (χ0n) is 12.4. The molecule has 0 aliphatic heterocycles. The lowest BCUT2D eigenvalue weighted by Gasteiger charge is -2.23. The minimum absolute atomic E-state index is 0.0394. The number of aliphatic carboxylic acids is 2. The summed E-state index contributed by atoms with van der Waals surface area (Å²) in [7, 11) is 0. The summed E-state index contributed by atoms with van der Waals surface area (Å²) in [5.41, 5.74) is 1.24. The first kappa shape index (κ1) is 17.2. The van der Waals surface area contributed by atoms with Crippen molar-refractivity contribution in [2.24, 2.45) is 5.92 Å². The monoisotopic (exact) mass is 293 g/mol. The highest BCUT2D eigenvalue weighted by Crippen LogP contribution is 2.07. The molecule has 0 saturated heterocycles. The number of carboxylic acids is 2. The Labute approximate surface area is 125 Å². The van der Waals surface area contributed by atoms with Crippen LogP contribution in [0.1, 0.15) is 25.3 Å². The number of rotatable bonds is 10. The summed E-state index contributed by atoms with van der Waals surface area (Å²) in [6, 6.07) is 10.1. The predicted molar refractivity (Wildman–Crippen MR) is 80.3 cm³/mol. The average Bonchev–Trinajstić information content (AvgIpc) is 2.45. The van der Waals surface area contributed by atoms with Gasteiger partial charge in [-0.2, -0.15) is 0 Å². The van der Waals surface area contributed by atoms with Gasteiger partial charge < -0.3 is 15.1 Å². The van der Waals surface area contributed by atoms with Gasteiger partial charge in [0.15, 0.2) is 0 Å². The molecule has 21 heavy (non-hydrogen) atoms. The molecule has 0 aromatic heterocycles.